The van der Waals surface area contributed by atoms with Gasteiger partial charge in [0.1, 0.15) is 0 Å². The molecule has 2 aromatic rings. The third-order valence-corrected chi connectivity index (χ3v) is 9.51. The van der Waals surface area contributed by atoms with E-state index in [9.17, 15) is 10.1 Å². The van der Waals surface area contributed by atoms with E-state index in [0.717, 1.165) is 5.69 Å². The molecule has 4 nitrogen and oxygen atoms in total. The monoisotopic (exact) mass is 542 g/mol. The predicted octanol–water partition coefficient (Wildman–Crippen LogP) is 4.68. The molecule has 0 aromatic heterocycles. The molecule has 110 valence electrons. The first kappa shape index (κ1) is 16.8. The fourth-order valence-electron chi connectivity index (χ4n) is 1.70. The van der Waals surface area contributed by atoms with Gasteiger partial charge >= 0.3 is 146 Å². The Morgan fingerprint density at radius 3 is 2.29 bits per heavy atom. The van der Waals surface area contributed by atoms with Gasteiger partial charge in [-0.05, 0) is 0 Å². The number of nitro benzene ring substituents is 1. The van der Waals surface area contributed by atoms with Gasteiger partial charge in [-0.2, -0.15) is 0 Å². The molecule has 0 bridgehead atoms. The van der Waals surface area contributed by atoms with E-state index < -0.39 is 7.42 Å². The minimum atomic E-state index is -2.61. The van der Waals surface area contributed by atoms with E-state index in [1.165, 1.54) is 6.07 Å². The molecule has 2 rings (SSSR count). The average molecular weight is 544 g/mol. The van der Waals surface area contributed by atoms with Crippen LogP contribution < -0.4 is 4.46 Å². The average Bonchev–Trinajstić information content (AvgIpc) is 2.44. The van der Waals surface area contributed by atoms with Gasteiger partial charge in [-0.15, -0.1) is 0 Å². The number of halogens is 3. The van der Waals surface area contributed by atoms with E-state index in [1.807, 2.05) is 36.4 Å². The summed E-state index contributed by atoms with van der Waals surface area (Å²) in [5.41, 5.74) is 1.57. The molecule has 0 heterocycles. The standard InChI is InChI=1S/C13H9Br3N2O2Se/c14-21(15,16)13-10(5-4-8-12(13)18(19)20)9-17-11-6-2-1-3-7-11/h1-9H. The number of rotatable bonds is 4. The van der Waals surface area contributed by atoms with Gasteiger partial charge < -0.3 is 0 Å². The van der Waals surface area contributed by atoms with Crippen molar-refractivity contribution in [3.63, 3.8) is 0 Å². The first-order valence-corrected chi connectivity index (χ1v) is 18.6. The number of nitro groups is 1. The van der Waals surface area contributed by atoms with Crippen LogP contribution in [0.2, 0.25) is 0 Å². The molecule has 0 fully saturated rings. The van der Waals surface area contributed by atoms with Gasteiger partial charge in [0.2, 0.25) is 0 Å². The molecule has 8 heteroatoms. The third kappa shape index (κ3) is 4.47. The van der Waals surface area contributed by atoms with Gasteiger partial charge in [0.05, 0.1) is 0 Å². The Morgan fingerprint density at radius 2 is 1.71 bits per heavy atom. The molecule has 2 aromatic carbocycles. The molecule has 0 aliphatic carbocycles. The number of nitrogens with zero attached hydrogens (tertiary/aromatic N) is 2. The summed E-state index contributed by atoms with van der Waals surface area (Å²) in [5, 5.41) is 11.2. The van der Waals surface area contributed by atoms with Crippen LogP contribution in [0.5, 0.6) is 0 Å². The predicted molar refractivity (Wildman–Crippen MR) is 99.0 cm³/mol. The van der Waals surface area contributed by atoms with E-state index in [2.05, 4.69) is 47.3 Å². The molecule has 0 saturated carbocycles. The first-order valence-electron chi connectivity index (χ1n) is 5.68. The summed E-state index contributed by atoms with van der Waals surface area (Å²) in [5.74, 6) is 0. The summed E-state index contributed by atoms with van der Waals surface area (Å²) >= 11 is 10.5. The van der Waals surface area contributed by atoms with E-state index in [4.69, 9.17) is 0 Å². The summed E-state index contributed by atoms with van der Waals surface area (Å²) in [6.07, 6.45) is 1.65. The molecule has 0 amide bonds. The van der Waals surface area contributed by atoms with Crippen LogP contribution in [0, 0.1) is 10.1 Å². The Morgan fingerprint density at radius 1 is 1.05 bits per heavy atom. The molecule has 0 N–H and O–H groups in total. The Bertz CT molecular complexity index is 688. The minimum absolute atomic E-state index is 0.0673. The molecule has 0 aliphatic heterocycles. The Balaban J connectivity index is 2.51. The maximum absolute atomic E-state index is 11.2. The van der Waals surface area contributed by atoms with Gasteiger partial charge in [0.15, 0.2) is 0 Å². The van der Waals surface area contributed by atoms with Crippen LogP contribution in [0.25, 0.3) is 0 Å². The number of para-hydroxylation sites is 1. The zero-order valence-electron chi connectivity index (χ0n) is 10.4. The van der Waals surface area contributed by atoms with Crippen LogP contribution in [0.15, 0.2) is 53.5 Å². The van der Waals surface area contributed by atoms with Gasteiger partial charge in [-0.25, -0.2) is 0 Å². The molecule has 0 aliphatic rings. The summed E-state index contributed by atoms with van der Waals surface area (Å²) in [6.45, 7) is 0. The summed E-state index contributed by atoms with van der Waals surface area (Å²) < 4.78 is 0.610. The van der Waals surface area contributed by atoms with Crippen molar-refractivity contribution in [1.29, 1.82) is 0 Å². The van der Waals surface area contributed by atoms with E-state index in [-0.39, 0.29) is 10.6 Å². The van der Waals surface area contributed by atoms with Crippen molar-refractivity contribution >= 4 is 71.8 Å². The van der Waals surface area contributed by atoms with Crippen molar-refractivity contribution in [2.45, 2.75) is 0 Å². The van der Waals surface area contributed by atoms with Crippen molar-refractivity contribution in [2.24, 2.45) is 4.99 Å². The first-order chi connectivity index (χ1) is 9.89. The van der Waals surface area contributed by atoms with Crippen molar-refractivity contribution in [3.8, 4) is 0 Å². The molecule has 0 spiro atoms. The number of aliphatic imine (C=N–C) groups is 1. The van der Waals surface area contributed by atoms with Gasteiger partial charge in [-0.1, -0.05) is 0 Å². The second-order valence-electron chi connectivity index (χ2n) is 3.95. The van der Waals surface area contributed by atoms with Crippen molar-refractivity contribution in [1.82, 2.24) is 0 Å². The quantitative estimate of drug-likeness (QED) is 0.243. The molecule has 21 heavy (non-hydrogen) atoms. The second-order valence-corrected chi connectivity index (χ2v) is 35.2. The Kier molecular flexibility index (Phi) is 5.73. The number of benzene rings is 2. The Hall–Kier alpha value is -0.531. The molecule has 0 unspecified atom stereocenters. The van der Waals surface area contributed by atoms with Crippen molar-refractivity contribution < 1.29 is 4.92 Å². The van der Waals surface area contributed by atoms with Crippen LogP contribution in [0.3, 0.4) is 0 Å². The van der Waals surface area contributed by atoms with Crippen LogP contribution in [0.1, 0.15) is 5.56 Å². The SMILES string of the molecule is O=[N+]([O-])c1cccc(C=Nc2ccccc2)c1[Se](Br)(Br)Br. The fraction of sp³-hybridized carbons (Fsp3) is 0. The molecule has 0 saturated heterocycles. The van der Waals surface area contributed by atoms with Crippen molar-refractivity contribution in [2.75, 3.05) is 0 Å². The number of hydrogen-bond donors (Lipinski definition) is 0. The van der Waals surface area contributed by atoms with Gasteiger partial charge in [-0.3, -0.25) is 0 Å². The van der Waals surface area contributed by atoms with Gasteiger partial charge in [0.25, 0.3) is 0 Å². The topological polar surface area (TPSA) is 55.5 Å². The zero-order chi connectivity index (χ0) is 15.5. The van der Waals surface area contributed by atoms with Crippen LogP contribution in [0.4, 0.5) is 11.4 Å². The van der Waals surface area contributed by atoms with Crippen LogP contribution in [-0.2, 0) is 0 Å². The van der Waals surface area contributed by atoms with Crippen LogP contribution >= 0.6 is 42.3 Å². The molecule has 0 radical (unpaired) electrons. The molecular weight excluding hydrogens is 535 g/mol. The van der Waals surface area contributed by atoms with Gasteiger partial charge in [0, 0.05) is 0 Å². The second kappa shape index (κ2) is 7.15. The van der Waals surface area contributed by atoms with E-state index in [1.54, 1.807) is 12.3 Å². The summed E-state index contributed by atoms with van der Waals surface area (Å²) in [7, 11) is -2.61. The third-order valence-electron chi connectivity index (χ3n) is 2.56. The van der Waals surface area contributed by atoms with Crippen LogP contribution in [-0.4, -0.2) is 18.6 Å². The van der Waals surface area contributed by atoms with E-state index >= 15 is 0 Å². The fourth-order valence-corrected chi connectivity index (χ4v) is 8.81. The van der Waals surface area contributed by atoms with E-state index in [0.29, 0.717) is 10.0 Å². The normalized spacial score (nSPS) is 12.5. The maximum atomic E-state index is 11.2. The summed E-state index contributed by atoms with van der Waals surface area (Å²) in [4.78, 5) is 15.2. The number of hydrogen-bond acceptors (Lipinski definition) is 3. The Labute approximate surface area is 145 Å². The van der Waals surface area contributed by atoms with Crippen molar-refractivity contribution in [3.05, 3.63) is 64.2 Å². The molecule has 0 atom stereocenters. The zero-order valence-corrected chi connectivity index (χ0v) is 16.9. The molecular formula is C13H9Br3N2O2Se. The summed E-state index contributed by atoms with van der Waals surface area (Å²) in [6, 6.07) is 14.4.